The number of hydrogen-bond donors (Lipinski definition) is 0. The van der Waals surface area contributed by atoms with Crippen LogP contribution in [0.15, 0.2) is 36.8 Å². The summed E-state index contributed by atoms with van der Waals surface area (Å²) in [6.07, 6.45) is 6.42. The van der Waals surface area contributed by atoms with Crippen LogP contribution in [0.4, 0.5) is 0 Å². The van der Waals surface area contributed by atoms with E-state index in [4.69, 9.17) is 4.74 Å². The molecular weight excluding hydrogens is 274 g/mol. The summed E-state index contributed by atoms with van der Waals surface area (Å²) in [5, 5.41) is 0. The second-order valence-corrected chi connectivity index (χ2v) is 6.06. The van der Waals surface area contributed by atoms with E-state index in [1.807, 2.05) is 12.5 Å². The van der Waals surface area contributed by atoms with Crippen molar-refractivity contribution < 1.29 is 4.74 Å². The predicted octanol–water partition coefficient (Wildman–Crippen LogP) is 3.18. The van der Waals surface area contributed by atoms with Gasteiger partial charge in [-0.3, -0.25) is 4.90 Å². The molecule has 1 aliphatic heterocycles. The lowest BCUT2D eigenvalue weighted by atomic mass is 9.99. The molecule has 1 aromatic heterocycles. The number of aryl methyl sites for hydroxylation is 1. The molecule has 2 heterocycles. The normalized spacial score (nSPS) is 18.9. The van der Waals surface area contributed by atoms with Crippen molar-refractivity contribution in [2.45, 2.75) is 38.9 Å². The van der Waals surface area contributed by atoms with Crippen molar-refractivity contribution in [3.63, 3.8) is 0 Å². The zero-order valence-electron chi connectivity index (χ0n) is 13.5. The minimum atomic E-state index is 0.534. The molecule has 4 nitrogen and oxygen atoms in total. The Balaban J connectivity index is 1.74. The van der Waals surface area contributed by atoms with Crippen molar-refractivity contribution in [3.8, 4) is 0 Å². The quantitative estimate of drug-likeness (QED) is 0.820. The van der Waals surface area contributed by atoms with Crippen molar-refractivity contribution in [1.82, 2.24) is 14.5 Å². The molecule has 0 radical (unpaired) electrons. The fourth-order valence-electron chi connectivity index (χ4n) is 3.41. The predicted molar refractivity (Wildman–Crippen MR) is 87.7 cm³/mol. The number of rotatable bonds is 6. The van der Waals surface area contributed by atoms with Gasteiger partial charge in [0, 0.05) is 32.4 Å². The number of hydrogen-bond acceptors (Lipinski definition) is 3. The Kier molecular flexibility index (Phi) is 4.90. The van der Waals surface area contributed by atoms with Crippen LogP contribution in [0.25, 0.3) is 0 Å². The van der Waals surface area contributed by atoms with E-state index < -0.39 is 0 Å². The van der Waals surface area contributed by atoms with Crippen LogP contribution in [0.1, 0.15) is 35.7 Å². The molecule has 0 aliphatic carbocycles. The third kappa shape index (κ3) is 3.23. The number of imidazole rings is 1. The highest BCUT2D eigenvalue weighted by atomic mass is 16.5. The summed E-state index contributed by atoms with van der Waals surface area (Å²) in [6.45, 7) is 5.94. The van der Waals surface area contributed by atoms with Gasteiger partial charge in [0.25, 0.3) is 0 Å². The number of likely N-dealkylation sites (tertiary alicyclic amines) is 1. The van der Waals surface area contributed by atoms with Gasteiger partial charge in [-0.25, -0.2) is 4.98 Å². The number of methoxy groups -OCH3 is 1. The van der Waals surface area contributed by atoms with Crippen molar-refractivity contribution in [1.29, 1.82) is 0 Å². The summed E-state index contributed by atoms with van der Waals surface area (Å²) in [7, 11) is 1.74. The molecule has 4 heteroatoms. The Hall–Kier alpha value is -1.65. The van der Waals surface area contributed by atoms with Crippen LogP contribution in [-0.2, 0) is 17.8 Å². The summed E-state index contributed by atoms with van der Waals surface area (Å²) in [5.41, 5.74) is 4.15. The molecule has 2 aromatic rings. The maximum absolute atomic E-state index is 5.18. The number of nitrogens with zero attached hydrogens (tertiary/aromatic N) is 3. The number of ether oxygens (including phenoxy) is 1. The monoisotopic (exact) mass is 299 g/mol. The fraction of sp³-hybridized carbons (Fsp3) is 0.500. The van der Waals surface area contributed by atoms with E-state index in [0.29, 0.717) is 6.04 Å². The lowest BCUT2D eigenvalue weighted by Crippen LogP contribution is -2.25. The molecule has 1 saturated heterocycles. The summed E-state index contributed by atoms with van der Waals surface area (Å²) >= 11 is 0. The van der Waals surface area contributed by atoms with Gasteiger partial charge in [-0.1, -0.05) is 24.3 Å². The maximum atomic E-state index is 5.18. The lowest BCUT2D eigenvalue weighted by molar-refractivity contribution is 0.183. The Labute approximate surface area is 132 Å². The summed E-state index contributed by atoms with van der Waals surface area (Å²) in [6, 6.07) is 9.31. The highest BCUT2D eigenvalue weighted by Gasteiger charge is 2.27. The first-order valence-corrected chi connectivity index (χ1v) is 8.07. The third-order valence-corrected chi connectivity index (χ3v) is 4.61. The summed E-state index contributed by atoms with van der Waals surface area (Å²) < 4.78 is 7.39. The van der Waals surface area contributed by atoms with Gasteiger partial charge in [-0.05, 0) is 37.4 Å². The van der Waals surface area contributed by atoms with E-state index in [9.17, 15) is 0 Å². The molecule has 1 fully saturated rings. The van der Waals surface area contributed by atoms with Gasteiger partial charge in [-0.15, -0.1) is 0 Å². The van der Waals surface area contributed by atoms with Gasteiger partial charge < -0.3 is 9.30 Å². The van der Waals surface area contributed by atoms with Crippen LogP contribution in [0, 0.1) is 6.92 Å². The lowest BCUT2D eigenvalue weighted by Gasteiger charge is -2.26. The minimum absolute atomic E-state index is 0.534. The molecule has 0 amide bonds. The first-order valence-electron chi connectivity index (χ1n) is 8.07. The molecule has 3 rings (SSSR count). The average molecular weight is 299 g/mol. The number of aromatic nitrogens is 2. The van der Waals surface area contributed by atoms with E-state index in [-0.39, 0.29) is 0 Å². The van der Waals surface area contributed by atoms with E-state index >= 15 is 0 Å². The largest absolute Gasteiger partial charge is 0.383 e. The van der Waals surface area contributed by atoms with E-state index in [1.54, 1.807) is 7.11 Å². The minimum Gasteiger partial charge on any atom is -0.383 e. The first-order chi connectivity index (χ1) is 10.8. The smallest absolute Gasteiger partial charge is 0.0949 e. The van der Waals surface area contributed by atoms with E-state index in [2.05, 4.69) is 45.6 Å². The SMILES string of the molecule is COCCn1cncc1CN1CCC[C@H]1c1ccccc1C. The van der Waals surface area contributed by atoms with Gasteiger partial charge in [0.15, 0.2) is 0 Å². The van der Waals surface area contributed by atoms with E-state index in [0.717, 1.165) is 26.2 Å². The zero-order chi connectivity index (χ0) is 15.4. The van der Waals surface area contributed by atoms with Gasteiger partial charge in [-0.2, -0.15) is 0 Å². The molecule has 0 unspecified atom stereocenters. The highest BCUT2D eigenvalue weighted by Crippen LogP contribution is 2.34. The van der Waals surface area contributed by atoms with Gasteiger partial charge in [0.1, 0.15) is 0 Å². The van der Waals surface area contributed by atoms with Crippen LogP contribution in [0.3, 0.4) is 0 Å². The Morgan fingerprint density at radius 3 is 3.00 bits per heavy atom. The Bertz CT molecular complexity index is 608. The molecular formula is C18H25N3O. The molecule has 1 atom stereocenters. The second-order valence-electron chi connectivity index (χ2n) is 6.06. The Morgan fingerprint density at radius 2 is 2.18 bits per heavy atom. The molecule has 118 valence electrons. The van der Waals surface area contributed by atoms with Gasteiger partial charge in [0.05, 0.1) is 18.6 Å². The van der Waals surface area contributed by atoms with Crippen molar-refractivity contribution in [2.24, 2.45) is 0 Å². The fourth-order valence-corrected chi connectivity index (χ4v) is 3.41. The highest BCUT2D eigenvalue weighted by molar-refractivity contribution is 5.29. The standard InChI is InChI=1S/C18H25N3O/c1-15-6-3-4-7-17(15)18-8-5-9-20(18)13-16-12-19-14-21(16)10-11-22-2/h3-4,6-7,12,14,18H,5,8-11,13H2,1-2H3/t18-/m0/s1. The van der Waals surface area contributed by atoms with Crippen LogP contribution in [-0.4, -0.2) is 34.7 Å². The maximum Gasteiger partial charge on any atom is 0.0949 e. The summed E-state index contributed by atoms with van der Waals surface area (Å²) in [4.78, 5) is 6.90. The van der Waals surface area contributed by atoms with Crippen molar-refractivity contribution in [3.05, 3.63) is 53.6 Å². The van der Waals surface area contributed by atoms with Gasteiger partial charge in [0.2, 0.25) is 0 Å². The molecule has 0 saturated carbocycles. The molecule has 1 aliphatic rings. The van der Waals surface area contributed by atoms with E-state index in [1.165, 1.54) is 29.7 Å². The molecule has 1 aromatic carbocycles. The van der Waals surface area contributed by atoms with Crippen LogP contribution in [0.2, 0.25) is 0 Å². The number of benzene rings is 1. The van der Waals surface area contributed by atoms with Crippen molar-refractivity contribution >= 4 is 0 Å². The molecule has 0 N–H and O–H groups in total. The molecule has 0 bridgehead atoms. The second kappa shape index (κ2) is 7.07. The zero-order valence-corrected chi connectivity index (χ0v) is 13.5. The summed E-state index contributed by atoms with van der Waals surface area (Å²) in [5.74, 6) is 0. The first kappa shape index (κ1) is 15.3. The topological polar surface area (TPSA) is 30.3 Å². The van der Waals surface area contributed by atoms with Crippen molar-refractivity contribution in [2.75, 3.05) is 20.3 Å². The van der Waals surface area contributed by atoms with Crippen LogP contribution < -0.4 is 0 Å². The average Bonchev–Trinajstić information content (AvgIpc) is 3.16. The third-order valence-electron chi connectivity index (χ3n) is 4.61. The Morgan fingerprint density at radius 1 is 1.32 bits per heavy atom. The van der Waals surface area contributed by atoms with Gasteiger partial charge >= 0.3 is 0 Å². The van der Waals surface area contributed by atoms with Crippen LogP contribution in [0.5, 0.6) is 0 Å². The molecule has 22 heavy (non-hydrogen) atoms. The molecule has 0 spiro atoms. The van der Waals surface area contributed by atoms with Crippen LogP contribution >= 0.6 is 0 Å².